The van der Waals surface area contributed by atoms with Gasteiger partial charge < -0.3 is 5.11 Å². The minimum atomic E-state index is 0.511. The van der Waals surface area contributed by atoms with Gasteiger partial charge in [-0.15, -0.1) is 0 Å². The van der Waals surface area contributed by atoms with Crippen LogP contribution in [0.1, 0.15) is 237 Å². The van der Waals surface area contributed by atoms with Gasteiger partial charge in [0.15, 0.2) is 0 Å². The van der Waals surface area contributed by atoms with Crippen LogP contribution in [-0.2, 0) is 12.8 Å². The molecule has 1 nitrogen and oxygen atoms in total. The molecule has 0 unspecified atom stereocenters. The molecule has 258 valence electrons. The third-order valence-corrected chi connectivity index (χ3v) is 10.0. The predicted molar refractivity (Wildman–Crippen MR) is 199 cm³/mol. The molecule has 1 N–H and O–H groups in total. The second-order valence-electron chi connectivity index (χ2n) is 14.4. The molecule has 1 aromatic carbocycles. The van der Waals surface area contributed by atoms with Crippen molar-refractivity contribution in [3.8, 4) is 5.75 Å². The summed E-state index contributed by atoms with van der Waals surface area (Å²) in [5.41, 5.74) is 2.61. The Morgan fingerprint density at radius 1 is 0.341 bits per heavy atom. The molecule has 0 aliphatic heterocycles. The maximum absolute atomic E-state index is 10.4. The zero-order chi connectivity index (χ0) is 31.6. The highest BCUT2D eigenvalue weighted by atomic mass is 16.3. The lowest BCUT2D eigenvalue weighted by molar-refractivity contribution is 0.465. The molecule has 0 amide bonds. The van der Waals surface area contributed by atoms with Crippen LogP contribution in [0.5, 0.6) is 5.75 Å². The van der Waals surface area contributed by atoms with E-state index >= 15 is 0 Å². The molecule has 0 aliphatic rings. The van der Waals surface area contributed by atoms with Crippen molar-refractivity contribution in [2.45, 2.75) is 239 Å². The molecule has 0 saturated heterocycles. The van der Waals surface area contributed by atoms with Gasteiger partial charge in [-0.3, -0.25) is 0 Å². The molecule has 0 atom stereocenters. The van der Waals surface area contributed by atoms with E-state index in [1.165, 1.54) is 229 Å². The van der Waals surface area contributed by atoms with Crippen molar-refractivity contribution in [2.24, 2.45) is 0 Å². The first-order chi connectivity index (χ1) is 21.8. The summed E-state index contributed by atoms with van der Waals surface area (Å²) in [6.07, 6.45) is 49.0. The summed E-state index contributed by atoms with van der Waals surface area (Å²) in [5, 5.41) is 10.4. The Morgan fingerprint density at radius 3 is 0.932 bits per heavy atom. The molecular formula is C43H80O. The lowest BCUT2D eigenvalue weighted by Gasteiger charge is -2.09. The van der Waals surface area contributed by atoms with Crippen LogP contribution < -0.4 is 0 Å². The van der Waals surface area contributed by atoms with Gasteiger partial charge in [-0.05, 0) is 42.9 Å². The van der Waals surface area contributed by atoms with Crippen LogP contribution in [0.15, 0.2) is 18.2 Å². The first-order valence-corrected chi connectivity index (χ1v) is 20.6. The maximum Gasteiger partial charge on any atom is 0.118 e. The van der Waals surface area contributed by atoms with Crippen LogP contribution in [0.3, 0.4) is 0 Å². The third kappa shape index (κ3) is 27.3. The second-order valence-corrected chi connectivity index (χ2v) is 14.4. The summed E-state index contributed by atoms with van der Waals surface area (Å²) >= 11 is 0. The van der Waals surface area contributed by atoms with Gasteiger partial charge >= 0.3 is 0 Å². The predicted octanol–water partition coefficient (Wildman–Crippen LogP) is 15.4. The fraction of sp³-hybridized carbons (Fsp3) is 0.860. The Labute approximate surface area is 278 Å². The first-order valence-electron chi connectivity index (χ1n) is 20.6. The van der Waals surface area contributed by atoms with Gasteiger partial charge in [0.25, 0.3) is 0 Å². The average Bonchev–Trinajstić information content (AvgIpc) is 3.03. The van der Waals surface area contributed by atoms with Crippen LogP contribution in [0.2, 0.25) is 0 Å². The number of benzene rings is 1. The van der Waals surface area contributed by atoms with E-state index in [1.54, 1.807) is 0 Å². The normalized spacial score (nSPS) is 11.5. The quantitative estimate of drug-likeness (QED) is 0.0756. The number of aromatic hydroxyl groups is 1. The molecule has 0 bridgehead atoms. The Balaban J connectivity index is 1.90. The van der Waals surface area contributed by atoms with Crippen LogP contribution >= 0.6 is 0 Å². The van der Waals surface area contributed by atoms with E-state index in [0.29, 0.717) is 5.75 Å². The topological polar surface area (TPSA) is 20.2 Å². The largest absolute Gasteiger partial charge is 0.508 e. The van der Waals surface area contributed by atoms with E-state index in [1.807, 2.05) is 6.07 Å². The average molecular weight is 613 g/mol. The zero-order valence-corrected chi connectivity index (χ0v) is 30.4. The number of rotatable bonds is 35. The monoisotopic (exact) mass is 613 g/mol. The molecule has 1 rings (SSSR count). The smallest absolute Gasteiger partial charge is 0.118 e. The van der Waals surface area contributed by atoms with Crippen molar-refractivity contribution in [1.29, 1.82) is 0 Å². The summed E-state index contributed by atoms with van der Waals surface area (Å²) in [4.78, 5) is 0. The van der Waals surface area contributed by atoms with Gasteiger partial charge in [-0.25, -0.2) is 0 Å². The summed E-state index contributed by atoms with van der Waals surface area (Å²) in [5.74, 6) is 0.511. The zero-order valence-electron chi connectivity index (χ0n) is 30.4. The van der Waals surface area contributed by atoms with Crippen molar-refractivity contribution in [1.82, 2.24) is 0 Å². The van der Waals surface area contributed by atoms with E-state index in [2.05, 4.69) is 26.0 Å². The van der Waals surface area contributed by atoms with Crippen LogP contribution in [0.4, 0.5) is 0 Å². The lowest BCUT2D eigenvalue weighted by Crippen LogP contribution is -1.92. The lowest BCUT2D eigenvalue weighted by atomic mass is 9.99. The molecular weight excluding hydrogens is 532 g/mol. The third-order valence-electron chi connectivity index (χ3n) is 10.0. The molecule has 0 aliphatic carbocycles. The summed E-state index contributed by atoms with van der Waals surface area (Å²) in [6.45, 7) is 4.60. The molecule has 44 heavy (non-hydrogen) atoms. The minimum Gasteiger partial charge on any atom is -0.508 e. The Hall–Kier alpha value is -0.980. The van der Waals surface area contributed by atoms with Crippen molar-refractivity contribution >= 4 is 0 Å². The highest BCUT2D eigenvalue weighted by Crippen LogP contribution is 2.23. The minimum absolute atomic E-state index is 0.511. The van der Waals surface area contributed by atoms with Crippen LogP contribution in [-0.4, -0.2) is 5.11 Å². The van der Waals surface area contributed by atoms with Gasteiger partial charge in [-0.2, -0.15) is 0 Å². The highest BCUT2D eigenvalue weighted by Gasteiger charge is 2.04. The number of phenols is 1. The van der Waals surface area contributed by atoms with Gasteiger partial charge in [0, 0.05) is 0 Å². The molecule has 1 aromatic rings. The fourth-order valence-corrected chi connectivity index (χ4v) is 6.91. The summed E-state index contributed by atoms with van der Waals surface area (Å²) < 4.78 is 0. The van der Waals surface area contributed by atoms with Gasteiger partial charge in [-0.1, -0.05) is 225 Å². The molecule has 0 fully saturated rings. The first kappa shape index (κ1) is 41.0. The van der Waals surface area contributed by atoms with Crippen LogP contribution in [0.25, 0.3) is 0 Å². The van der Waals surface area contributed by atoms with Crippen LogP contribution in [0, 0.1) is 0 Å². The number of unbranched alkanes of at least 4 members (excludes halogenated alkanes) is 31. The highest BCUT2D eigenvalue weighted by molar-refractivity contribution is 5.36. The number of phenolic OH excluding ortho intramolecular Hbond substituents is 1. The molecule has 0 spiro atoms. The van der Waals surface area contributed by atoms with Gasteiger partial charge in [0.1, 0.15) is 5.75 Å². The molecule has 0 radical (unpaired) electrons. The molecule has 0 aromatic heterocycles. The number of hydrogen-bond donors (Lipinski definition) is 1. The molecule has 0 saturated carbocycles. The van der Waals surface area contributed by atoms with Crippen molar-refractivity contribution < 1.29 is 5.11 Å². The number of hydrogen-bond acceptors (Lipinski definition) is 1. The van der Waals surface area contributed by atoms with E-state index in [9.17, 15) is 5.11 Å². The van der Waals surface area contributed by atoms with Gasteiger partial charge in [0.2, 0.25) is 0 Å². The van der Waals surface area contributed by atoms with E-state index < -0.39 is 0 Å². The fourth-order valence-electron chi connectivity index (χ4n) is 6.91. The van der Waals surface area contributed by atoms with Crippen molar-refractivity contribution in [3.05, 3.63) is 29.3 Å². The number of aryl methyl sites for hydroxylation is 2. The Bertz CT molecular complexity index is 694. The van der Waals surface area contributed by atoms with Crippen molar-refractivity contribution in [2.75, 3.05) is 0 Å². The second kappa shape index (κ2) is 33.4. The maximum atomic E-state index is 10.4. The Morgan fingerprint density at radius 2 is 0.614 bits per heavy atom. The van der Waals surface area contributed by atoms with Gasteiger partial charge in [0.05, 0.1) is 0 Å². The van der Waals surface area contributed by atoms with Crippen molar-refractivity contribution in [3.63, 3.8) is 0 Å². The van der Waals surface area contributed by atoms with E-state index in [0.717, 1.165) is 6.42 Å². The SMILES string of the molecule is CCCCCCCCCCCCCCCCCCCc1ccc(O)c(CCCCCCCCCCCCCCCCCC)c1. The van der Waals surface area contributed by atoms with E-state index in [-0.39, 0.29) is 0 Å². The van der Waals surface area contributed by atoms with E-state index in [4.69, 9.17) is 0 Å². The Kier molecular flexibility index (Phi) is 31.1. The molecule has 1 heteroatoms. The standard InChI is InChI=1S/C43H80O/c1-3-5-7-9-11-13-15-17-19-21-22-24-26-28-30-32-34-36-41-38-39-43(44)42(40-41)37-35-33-31-29-27-25-23-20-18-16-14-12-10-8-6-4-2/h38-40,44H,3-37H2,1-2H3. The molecule has 0 heterocycles. The summed E-state index contributed by atoms with van der Waals surface area (Å²) in [7, 11) is 0. The summed E-state index contributed by atoms with van der Waals surface area (Å²) in [6, 6.07) is 6.40.